The van der Waals surface area contributed by atoms with Crippen LogP contribution in [-0.2, 0) is 23.8 Å². The number of methoxy groups -OCH3 is 1. The van der Waals surface area contributed by atoms with Crippen LogP contribution in [-0.4, -0.2) is 38.7 Å². The molecule has 0 atom stereocenters. The van der Waals surface area contributed by atoms with Gasteiger partial charge < -0.3 is 14.0 Å². The van der Waals surface area contributed by atoms with Crippen molar-refractivity contribution >= 4 is 16.1 Å². The molecule has 0 unspecified atom stereocenters. The van der Waals surface area contributed by atoms with Crippen LogP contribution in [0.25, 0.3) is 0 Å². The van der Waals surface area contributed by atoms with E-state index in [4.69, 9.17) is 5.11 Å². The first-order valence-electron chi connectivity index (χ1n) is 3.53. The summed E-state index contributed by atoms with van der Waals surface area (Å²) in [4.78, 5) is 10.1. The van der Waals surface area contributed by atoms with Crippen LogP contribution in [0.1, 0.15) is 0 Å². The van der Waals surface area contributed by atoms with Gasteiger partial charge in [-0.1, -0.05) is 0 Å². The van der Waals surface area contributed by atoms with Crippen molar-refractivity contribution in [3.05, 3.63) is 11.8 Å². The van der Waals surface area contributed by atoms with Crippen molar-refractivity contribution in [2.24, 2.45) is 0 Å². The zero-order valence-corrected chi connectivity index (χ0v) is 8.63. The quantitative estimate of drug-likeness (QED) is 0.336. The lowest BCUT2D eigenvalue weighted by Gasteiger charge is -2.11. The summed E-state index contributed by atoms with van der Waals surface area (Å²) in [5.41, 5.74) is -5.63. The number of hydrogen-bond acceptors (Lipinski definition) is 5. The first-order valence-corrected chi connectivity index (χ1v) is 4.94. The van der Waals surface area contributed by atoms with Crippen LogP contribution in [0.3, 0.4) is 0 Å². The van der Waals surface area contributed by atoms with E-state index in [1.807, 2.05) is 0 Å². The van der Waals surface area contributed by atoms with E-state index in [1.165, 1.54) is 0 Å². The summed E-state index contributed by atoms with van der Waals surface area (Å²) < 4.78 is 64.3. The Morgan fingerprint density at radius 2 is 1.94 bits per heavy atom. The van der Waals surface area contributed by atoms with E-state index in [9.17, 15) is 26.4 Å². The largest absolute Gasteiger partial charge is 0.534 e. The maximum Gasteiger partial charge on any atom is 0.534 e. The number of carbonyl (C=O) groups is 1. The third-order valence-corrected chi connectivity index (χ3v) is 2.07. The Morgan fingerprint density at radius 3 is 2.25 bits per heavy atom. The highest BCUT2D eigenvalue weighted by atomic mass is 32.2. The number of hydrogen-bond donors (Lipinski definition) is 1. The fourth-order valence-electron chi connectivity index (χ4n) is 0.558. The SMILES string of the molecule is COC/C(=C/C(=O)O)OS(=O)(=O)C(F)(F)F. The van der Waals surface area contributed by atoms with Gasteiger partial charge in [0.05, 0.1) is 6.08 Å². The van der Waals surface area contributed by atoms with Gasteiger partial charge in [-0.25, -0.2) is 4.79 Å². The first kappa shape index (κ1) is 14.7. The van der Waals surface area contributed by atoms with E-state index in [0.717, 1.165) is 7.11 Å². The fraction of sp³-hybridized carbons (Fsp3) is 0.500. The third-order valence-electron chi connectivity index (χ3n) is 1.07. The molecule has 10 heteroatoms. The lowest BCUT2D eigenvalue weighted by Crippen LogP contribution is -2.26. The van der Waals surface area contributed by atoms with Gasteiger partial charge in [-0.2, -0.15) is 21.6 Å². The second-order valence-electron chi connectivity index (χ2n) is 2.37. The van der Waals surface area contributed by atoms with Crippen molar-refractivity contribution in [1.82, 2.24) is 0 Å². The van der Waals surface area contributed by atoms with Crippen molar-refractivity contribution < 1.29 is 40.4 Å². The van der Waals surface area contributed by atoms with E-state index < -0.39 is 34.0 Å². The molecule has 0 radical (unpaired) electrons. The molecule has 0 aromatic heterocycles. The van der Waals surface area contributed by atoms with Gasteiger partial charge in [-0.05, 0) is 0 Å². The van der Waals surface area contributed by atoms with E-state index in [-0.39, 0.29) is 6.08 Å². The number of carboxylic acids is 1. The van der Waals surface area contributed by atoms with Crippen molar-refractivity contribution in [3.8, 4) is 0 Å². The average molecular weight is 264 g/mol. The molecule has 6 nitrogen and oxygen atoms in total. The highest BCUT2D eigenvalue weighted by Gasteiger charge is 2.48. The van der Waals surface area contributed by atoms with Crippen LogP contribution in [0.4, 0.5) is 13.2 Å². The maximum atomic E-state index is 11.8. The van der Waals surface area contributed by atoms with Crippen molar-refractivity contribution in [3.63, 3.8) is 0 Å². The molecule has 0 aliphatic heterocycles. The molecule has 0 bridgehead atoms. The summed E-state index contributed by atoms with van der Waals surface area (Å²) >= 11 is 0. The molecule has 0 aliphatic carbocycles. The van der Waals surface area contributed by atoms with Gasteiger partial charge in [0.1, 0.15) is 6.61 Å². The number of alkyl halides is 3. The Morgan fingerprint density at radius 1 is 1.44 bits per heavy atom. The molecular weight excluding hydrogens is 257 g/mol. The number of rotatable bonds is 5. The van der Waals surface area contributed by atoms with Crippen LogP contribution >= 0.6 is 0 Å². The lowest BCUT2D eigenvalue weighted by molar-refractivity contribution is -0.131. The van der Waals surface area contributed by atoms with Gasteiger partial charge in [0, 0.05) is 7.11 Å². The lowest BCUT2D eigenvalue weighted by atomic mass is 10.5. The number of ether oxygens (including phenoxy) is 1. The topological polar surface area (TPSA) is 89.9 Å². The van der Waals surface area contributed by atoms with Gasteiger partial charge >= 0.3 is 21.6 Å². The molecule has 0 aromatic rings. The highest BCUT2D eigenvalue weighted by molar-refractivity contribution is 7.87. The molecule has 0 rings (SSSR count). The summed E-state index contributed by atoms with van der Waals surface area (Å²) in [5, 5.41) is 8.22. The molecule has 0 saturated carbocycles. The number of aliphatic carboxylic acids is 1. The normalized spacial score (nSPS) is 13.6. The molecule has 94 valence electrons. The Labute approximate surface area is 88.4 Å². The Hall–Kier alpha value is -1.29. The second-order valence-corrected chi connectivity index (χ2v) is 3.90. The van der Waals surface area contributed by atoms with Crippen LogP contribution in [0.15, 0.2) is 11.8 Å². The van der Waals surface area contributed by atoms with Gasteiger partial charge in [0.15, 0.2) is 5.76 Å². The van der Waals surface area contributed by atoms with Gasteiger partial charge in [0.25, 0.3) is 0 Å². The first-order chi connectivity index (χ1) is 7.10. The predicted molar refractivity (Wildman–Crippen MR) is 43.7 cm³/mol. The monoisotopic (exact) mass is 264 g/mol. The molecule has 0 aliphatic rings. The van der Waals surface area contributed by atoms with E-state index in [2.05, 4.69) is 8.92 Å². The summed E-state index contributed by atoms with van der Waals surface area (Å²) in [6, 6.07) is 0. The van der Waals surface area contributed by atoms with Crippen LogP contribution < -0.4 is 0 Å². The molecule has 16 heavy (non-hydrogen) atoms. The maximum absolute atomic E-state index is 11.8. The van der Waals surface area contributed by atoms with Gasteiger partial charge in [0.2, 0.25) is 0 Å². The summed E-state index contributed by atoms with van der Waals surface area (Å²) in [7, 11) is -4.85. The summed E-state index contributed by atoms with van der Waals surface area (Å²) in [5.74, 6) is -2.64. The Kier molecular flexibility index (Phi) is 4.75. The van der Waals surface area contributed by atoms with Crippen molar-refractivity contribution in [1.29, 1.82) is 0 Å². The highest BCUT2D eigenvalue weighted by Crippen LogP contribution is 2.26. The Bertz CT molecular complexity index is 382. The van der Waals surface area contributed by atoms with Gasteiger partial charge in [-0.3, -0.25) is 0 Å². The molecule has 0 saturated heterocycles. The number of carboxylic acid groups (broad SMARTS) is 1. The van der Waals surface area contributed by atoms with Crippen LogP contribution in [0.5, 0.6) is 0 Å². The zero-order valence-electron chi connectivity index (χ0n) is 7.82. The summed E-state index contributed by atoms with van der Waals surface area (Å²) in [6.07, 6.45) is 0.160. The van der Waals surface area contributed by atoms with Crippen LogP contribution in [0, 0.1) is 0 Å². The van der Waals surface area contributed by atoms with Crippen molar-refractivity contribution in [2.45, 2.75) is 5.51 Å². The van der Waals surface area contributed by atoms with Gasteiger partial charge in [-0.15, -0.1) is 0 Å². The van der Waals surface area contributed by atoms with Crippen molar-refractivity contribution in [2.75, 3.05) is 13.7 Å². The minimum atomic E-state index is -5.88. The van der Waals surface area contributed by atoms with E-state index in [1.54, 1.807) is 0 Å². The fourth-order valence-corrected chi connectivity index (χ4v) is 1.03. The van der Waals surface area contributed by atoms with E-state index in [0.29, 0.717) is 0 Å². The zero-order chi connectivity index (χ0) is 13.0. The molecule has 0 spiro atoms. The average Bonchev–Trinajstić information content (AvgIpc) is 1.99. The molecular formula is C6H7F3O6S. The second kappa shape index (κ2) is 5.16. The molecule has 1 N–H and O–H groups in total. The third kappa shape index (κ3) is 4.49. The smallest absolute Gasteiger partial charge is 0.478 e. The minimum absolute atomic E-state index is 0.160. The molecule has 0 aromatic carbocycles. The minimum Gasteiger partial charge on any atom is -0.478 e. The molecule has 0 fully saturated rings. The predicted octanol–water partition coefficient (Wildman–Crippen LogP) is 0.468. The molecule has 0 heterocycles. The molecule has 0 amide bonds. The van der Waals surface area contributed by atoms with Crippen LogP contribution in [0.2, 0.25) is 0 Å². The Balaban J connectivity index is 4.99. The summed E-state index contributed by atoms with van der Waals surface area (Å²) in [6.45, 7) is -0.721. The number of halogens is 3. The standard InChI is InChI=1S/C6H7F3O6S/c1-14-3-4(2-5(10)11)15-16(12,13)6(7,8)9/h2H,3H2,1H3,(H,10,11)/b4-2-. The van der Waals surface area contributed by atoms with E-state index >= 15 is 0 Å².